The van der Waals surface area contributed by atoms with Crippen molar-refractivity contribution in [1.29, 1.82) is 0 Å². The van der Waals surface area contributed by atoms with E-state index in [-0.39, 0.29) is 5.56 Å². The highest BCUT2D eigenvalue weighted by molar-refractivity contribution is 6.05. The Balaban J connectivity index is 1.89. The number of rotatable bonds is 2. The van der Waals surface area contributed by atoms with Crippen molar-refractivity contribution in [2.75, 3.05) is 20.1 Å². The van der Waals surface area contributed by atoms with E-state index in [1.807, 2.05) is 13.1 Å². The van der Waals surface area contributed by atoms with Gasteiger partial charge in [-0.1, -0.05) is 6.08 Å². The summed E-state index contributed by atoms with van der Waals surface area (Å²) in [7, 11) is 1.97. The summed E-state index contributed by atoms with van der Waals surface area (Å²) < 4.78 is 54.4. The van der Waals surface area contributed by atoms with Gasteiger partial charge in [-0.2, -0.15) is 13.2 Å². The van der Waals surface area contributed by atoms with Crippen LogP contribution >= 0.6 is 0 Å². The minimum absolute atomic E-state index is 0.257. The fourth-order valence-electron chi connectivity index (χ4n) is 3.58. The molecule has 0 fully saturated rings. The van der Waals surface area contributed by atoms with Crippen molar-refractivity contribution in [2.24, 2.45) is 0 Å². The van der Waals surface area contributed by atoms with Crippen molar-refractivity contribution in [2.45, 2.75) is 12.6 Å². The Bertz CT molecular complexity index is 1110. The lowest BCUT2D eigenvalue weighted by Gasteiger charge is -2.21. The maximum absolute atomic E-state index is 13.3. The number of benzene rings is 2. The van der Waals surface area contributed by atoms with E-state index in [0.717, 1.165) is 24.3 Å². The van der Waals surface area contributed by atoms with E-state index in [1.54, 1.807) is 6.20 Å². The Labute approximate surface area is 164 Å². The molecule has 4 rings (SSSR count). The van der Waals surface area contributed by atoms with Crippen molar-refractivity contribution in [1.82, 2.24) is 9.47 Å². The number of carbonyl (C=O) groups excluding carboxylic acids is 1. The average molecular weight is 402 g/mol. The highest BCUT2D eigenvalue weighted by Crippen LogP contribution is 2.36. The Morgan fingerprint density at radius 1 is 1.07 bits per heavy atom. The second kappa shape index (κ2) is 7.15. The lowest BCUT2D eigenvalue weighted by molar-refractivity contribution is -0.137. The number of aromatic nitrogens is 1. The molecule has 3 nitrogen and oxygen atoms in total. The van der Waals surface area contributed by atoms with E-state index in [9.17, 15) is 22.4 Å². The van der Waals surface area contributed by atoms with Crippen LogP contribution in [-0.4, -0.2) is 35.5 Å². The van der Waals surface area contributed by atoms with Crippen LogP contribution < -0.4 is 0 Å². The minimum atomic E-state index is -4.48. The molecule has 0 bridgehead atoms. The molecule has 29 heavy (non-hydrogen) atoms. The van der Waals surface area contributed by atoms with Gasteiger partial charge in [-0.05, 0) is 61.5 Å². The van der Waals surface area contributed by atoms with Crippen LogP contribution in [0.4, 0.5) is 17.6 Å². The van der Waals surface area contributed by atoms with E-state index < -0.39 is 23.5 Å². The molecule has 0 saturated carbocycles. The first-order chi connectivity index (χ1) is 13.7. The molecule has 1 aromatic heterocycles. The van der Waals surface area contributed by atoms with Gasteiger partial charge in [0, 0.05) is 35.8 Å². The van der Waals surface area contributed by atoms with Crippen LogP contribution in [0, 0.1) is 5.82 Å². The second-order valence-electron chi connectivity index (χ2n) is 7.20. The lowest BCUT2D eigenvalue weighted by Crippen LogP contribution is -2.23. The van der Waals surface area contributed by atoms with E-state index in [4.69, 9.17) is 0 Å². The summed E-state index contributed by atoms with van der Waals surface area (Å²) in [6.45, 7) is 1.47. The van der Waals surface area contributed by atoms with Crippen molar-refractivity contribution in [3.63, 3.8) is 0 Å². The molecule has 3 aromatic rings. The molecule has 1 aliphatic rings. The van der Waals surface area contributed by atoms with E-state index >= 15 is 0 Å². The van der Waals surface area contributed by atoms with Gasteiger partial charge in [-0.3, -0.25) is 9.36 Å². The van der Waals surface area contributed by atoms with Crippen LogP contribution in [0.15, 0.2) is 54.7 Å². The third-order valence-electron chi connectivity index (χ3n) is 5.20. The molecule has 2 aromatic carbocycles. The van der Waals surface area contributed by atoms with Crippen molar-refractivity contribution in [3.05, 3.63) is 77.2 Å². The number of likely N-dealkylation sites (N-methyl/N-ethyl adjacent to an activating group) is 1. The Hall–Kier alpha value is -2.93. The number of fused-ring (bicyclic) bond motifs is 1. The molecular weight excluding hydrogens is 384 g/mol. The number of nitrogens with zero attached hydrogens (tertiary/aromatic N) is 2. The summed E-state index contributed by atoms with van der Waals surface area (Å²) in [5.74, 6) is -0.888. The maximum Gasteiger partial charge on any atom is 0.416 e. The Morgan fingerprint density at radius 3 is 2.41 bits per heavy atom. The predicted octanol–water partition coefficient (Wildman–Crippen LogP) is 5.21. The van der Waals surface area contributed by atoms with Gasteiger partial charge in [0.15, 0.2) is 0 Å². The van der Waals surface area contributed by atoms with Gasteiger partial charge in [0.25, 0.3) is 5.91 Å². The summed E-state index contributed by atoms with van der Waals surface area (Å²) >= 11 is 0. The number of halogens is 4. The largest absolute Gasteiger partial charge is 0.416 e. The fraction of sp³-hybridized carbons (Fsp3) is 0.227. The van der Waals surface area contributed by atoms with Crippen molar-refractivity contribution in [3.8, 4) is 0 Å². The molecule has 0 aliphatic carbocycles. The zero-order chi connectivity index (χ0) is 20.8. The Morgan fingerprint density at radius 2 is 1.79 bits per heavy atom. The molecule has 7 heteroatoms. The molecule has 0 radical (unpaired) electrons. The normalized spacial score (nSPS) is 15.6. The molecule has 1 aliphatic heterocycles. The predicted molar refractivity (Wildman–Crippen MR) is 103 cm³/mol. The summed E-state index contributed by atoms with van der Waals surface area (Å²) in [6.07, 6.45) is -0.231. The van der Waals surface area contributed by atoms with Gasteiger partial charge in [0.2, 0.25) is 0 Å². The van der Waals surface area contributed by atoms with Crippen LogP contribution in [0.5, 0.6) is 0 Å². The standard InChI is InChI=1S/C22H18F4N2O/c1-27-10-8-14(9-11-27)19-13-28(21(29)15-2-5-17(23)6-3-15)20-7-4-16(12-18(19)20)22(24,25)26/h2-8,12-13H,9-11H2,1H3. The molecule has 0 amide bonds. The summed E-state index contributed by atoms with van der Waals surface area (Å²) in [4.78, 5) is 15.1. The van der Waals surface area contributed by atoms with Gasteiger partial charge in [-0.15, -0.1) is 0 Å². The number of carbonyl (C=O) groups is 1. The van der Waals surface area contributed by atoms with E-state index in [1.165, 1.54) is 34.9 Å². The number of hydrogen-bond acceptors (Lipinski definition) is 2. The van der Waals surface area contributed by atoms with E-state index in [0.29, 0.717) is 29.4 Å². The summed E-state index contributed by atoms with van der Waals surface area (Å²) in [5.41, 5.74) is 1.42. The maximum atomic E-state index is 13.3. The fourth-order valence-corrected chi connectivity index (χ4v) is 3.58. The topological polar surface area (TPSA) is 25.2 Å². The summed E-state index contributed by atoms with van der Waals surface area (Å²) in [5, 5.41) is 0.381. The average Bonchev–Trinajstić information content (AvgIpc) is 3.07. The first-order valence-corrected chi connectivity index (χ1v) is 9.14. The monoisotopic (exact) mass is 402 g/mol. The van der Waals surface area contributed by atoms with E-state index in [2.05, 4.69) is 4.90 Å². The zero-order valence-electron chi connectivity index (χ0n) is 15.6. The van der Waals surface area contributed by atoms with Crippen LogP contribution in [0.2, 0.25) is 0 Å². The molecule has 0 spiro atoms. The molecule has 0 saturated heterocycles. The quantitative estimate of drug-likeness (QED) is 0.550. The SMILES string of the molecule is CN1CC=C(c2cn(C(=O)c3ccc(F)cc3)c3ccc(C(F)(F)F)cc23)CC1. The van der Waals surface area contributed by atoms with Gasteiger partial charge < -0.3 is 4.90 Å². The lowest BCUT2D eigenvalue weighted by atomic mass is 9.98. The molecule has 2 heterocycles. The highest BCUT2D eigenvalue weighted by Gasteiger charge is 2.31. The van der Waals surface area contributed by atoms with Crippen LogP contribution in [0.25, 0.3) is 16.5 Å². The first kappa shape index (κ1) is 19.4. The number of alkyl halides is 3. The second-order valence-corrected chi connectivity index (χ2v) is 7.20. The molecule has 0 atom stereocenters. The van der Waals surface area contributed by atoms with Gasteiger partial charge >= 0.3 is 6.18 Å². The zero-order valence-corrected chi connectivity index (χ0v) is 15.6. The van der Waals surface area contributed by atoms with Crippen LogP contribution in [0.3, 0.4) is 0 Å². The first-order valence-electron chi connectivity index (χ1n) is 9.14. The third-order valence-corrected chi connectivity index (χ3v) is 5.20. The Kier molecular flexibility index (Phi) is 4.78. The highest BCUT2D eigenvalue weighted by atomic mass is 19.4. The third kappa shape index (κ3) is 3.70. The smallest absolute Gasteiger partial charge is 0.302 e. The van der Waals surface area contributed by atoms with Crippen LogP contribution in [0.1, 0.15) is 27.9 Å². The van der Waals surface area contributed by atoms with Crippen molar-refractivity contribution < 1.29 is 22.4 Å². The molecular formula is C22H18F4N2O. The van der Waals surface area contributed by atoms with Gasteiger partial charge in [0.05, 0.1) is 11.1 Å². The van der Waals surface area contributed by atoms with Gasteiger partial charge in [0.1, 0.15) is 5.82 Å². The van der Waals surface area contributed by atoms with Crippen molar-refractivity contribution >= 4 is 22.4 Å². The molecule has 0 N–H and O–H groups in total. The van der Waals surface area contributed by atoms with Crippen LogP contribution in [-0.2, 0) is 6.18 Å². The molecule has 150 valence electrons. The molecule has 0 unspecified atom stereocenters. The minimum Gasteiger partial charge on any atom is -0.302 e. The summed E-state index contributed by atoms with van der Waals surface area (Å²) in [6, 6.07) is 8.48. The number of hydrogen-bond donors (Lipinski definition) is 0. The van der Waals surface area contributed by atoms with Gasteiger partial charge in [-0.25, -0.2) is 4.39 Å².